The second kappa shape index (κ2) is 6.84. The number of nitrogens with one attached hydrogen (secondary N) is 1. The molecule has 2 heterocycles. The van der Waals surface area contributed by atoms with E-state index in [9.17, 15) is 0 Å². The zero-order chi connectivity index (χ0) is 13.7. The molecule has 0 spiro atoms. The van der Waals surface area contributed by atoms with Crippen LogP contribution in [0.2, 0.25) is 5.02 Å². The molecule has 0 unspecified atom stereocenters. The monoisotopic (exact) mass is 294 g/mol. The predicted molar refractivity (Wildman–Crippen MR) is 77.4 cm³/mol. The third-order valence-corrected chi connectivity index (χ3v) is 3.36. The third-order valence-electron chi connectivity index (χ3n) is 2.29. The Bertz CT molecular complexity index is 513. The van der Waals surface area contributed by atoms with Gasteiger partial charge in [0.1, 0.15) is 5.03 Å². The molecule has 2 aromatic rings. The van der Waals surface area contributed by atoms with Crippen LogP contribution in [0.25, 0.3) is 0 Å². The van der Waals surface area contributed by atoms with Gasteiger partial charge in [0.05, 0.1) is 5.02 Å². The van der Waals surface area contributed by atoms with Crippen LogP contribution in [-0.2, 0) is 6.54 Å². The second-order valence-electron chi connectivity index (χ2n) is 4.33. The highest BCUT2D eigenvalue weighted by Crippen LogP contribution is 2.22. The molecular formula is C13H15ClN4S. The van der Waals surface area contributed by atoms with E-state index in [2.05, 4.69) is 34.1 Å². The van der Waals surface area contributed by atoms with E-state index in [0.29, 0.717) is 16.2 Å². The number of pyridine rings is 1. The molecule has 0 atom stereocenters. The molecule has 0 aliphatic heterocycles. The fourth-order valence-corrected chi connectivity index (χ4v) is 2.08. The maximum Gasteiger partial charge on any atom is 0.193 e. The predicted octanol–water partition coefficient (Wildman–Crippen LogP) is 3.17. The van der Waals surface area contributed by atoms with Crippen molar-refractivity contribution < 1.29 is 0 Å². The molecule has 100 valence electrons. The Hall–Kier alpha value is -1.17. The Balaban J connectivity index is 1.96. The highest BCUT2D eigenvalue weighted by atomic mass is 35.5. The third kappa shape index (κ3) is 4.78. The van der Waals surface area contributed by atoms with E-state index < -0.39 is 0 Å². The van der Waals surface area contributed by atoms with Gasteiger partial charge in [-0.15, -0.1) is 0 Å². The van der Waals surface area contributed by atoms with Crippen molar-refractivity contribution in [2.24, 2.45) is 0 Å². The average molecular weight is 295 g/mol. The van der Waals surface area contributed by atoms with Crippen LogP contribution in [-0.4, -0.2) is 21.0 Å². The minimum atomic E-state index is 0.451. The Kier molecular flexibility index (Phi) is 5.13. The molecule has 0 bridgehead atoms. The van der Waals surface area contributed by atoms with Crippen LogP contribution in [0.3, 0.4) is 0 Å². The van der Waals surface area contributed by atoms with Crippen molar-refractivity contribution in [1.82, 2.24) is 20.3 Å². The first-order valence-corrected chi connectivity index (χ1v) is 7.16. The molecule has 4 nitrogen and oxygen atoms in total. The Morgan fingerprint density at radius 2 is 1.89 bits per heavy atom. The lowest BCUT2D eigenvalue weighted by atomic mass is 10.3. The summed E-state index contributed by atoms with van der Waals surface area (Å²) in [5.41, 5.74) is 1.07. The lowest BCUT2D eigenvalue weighted by Gasteiger charge is -2.07. The van der Waals surface area contributed by atoms with Gasteiger partial charge in [-0.25, -0.2) is 15.0 Å². The number of aromatic nitrogens is 3. The molecule has 2 rings (SSSR count). The molecule has 0 saturated carbocycles. The highest BCUT2D eigenvalue weighted by Gasteiger charge is 2.03. The van der Waals surface area contributed by atoms with Gasteiger partial charge in [-0.3, -0.25) is 0 Å². The Morgan fingerprint density at radius 3 is 2.47 bits per heavy atom. The highest BCUT2D eigenvalue weighted by molar-refractivity contribution is 7.99. The van der Waals surface area contributed by atoms with Crippen molar-refractivity contribution in [1.29, 1.82) is 0 Å². The van der Waals surface area contributed by atoms with Crippen LogP contribution >= 0.6 is 23.4 Å². The molecule has 6 heteroatoms. The van der Waals surface area contributed by atoms with Gasteiger partial charge < -0.3 is 5.32 Å². The molecular weight excluding hydrogens is 280 g/mol. The van der Waals surface area contributed by atoms with E-state index in [0.717, 1.165) is 17.1 Å². The lowest BCUT2D eigenvalue weighted by molar-refractivity contribution is 0.585. The fraction of sp³-hybridized carbons (Fsp3) is 0.308. The van der Waals surface area contributed by atoms with Gasteiger partial charge >= 0.3 is 0 Å². The van der Waals surface area contributed by atoms with E-state index in [4.69, 9.17) is 11.6 Å². The topological polar surface area (TPSA) is 50.7 Å². The molecule has 0 aliphatic rings. The standard InChI is InChI=1S/C13H15ClN4S/c1-9(2)15-5-10-6-17-13(18-7-10)19-12-4-3-11(14)8-16-12/h3-4,6-9,15H,5H2,1-2H3. The molecule has 19 heavy (non-hydrogen) atoms. The van der Waals surface area contributed by atoms with Crippen molar-refractivity contribution >= 4 is 23.4 Å². The summed E-state index contributed by atoms with van der Waals surface area (Å²) in [6, 6.07) is 4.11. The van der Waals surface area contributed by atoms with E-state index in [1.54, 1.807) is 12.3 Å². The molecule has 0 fully saturated rings. The van der Waals surface area contributed by atoms with Gasteiger partial charge in [-0.1, -0.05) is 25.4 Å². The van der Waals surface area contributed by atoms with Crippen LogP contribution < -0.4 is 5.32 Å². The SMILES string of the molecule is CC(C)NCc1cnc(Sc2ccc(Cl)cn2)nc1. The smallest absolute Gasteiger partial charge is 0.193 e. The second-order valence-corrected chi connectivity index (χ2v) is 5.75. The number of hydrogen-bond donors (Lipinski definition) is 1. The van der Waals surface area contributed by atoms with E-state index in [1.165, 1.54) is 11.8 Å². The maximum absolute atomic E-state index is 5.79. The van der Waals surface area contributed by atoms with Crippen LogP contribution in [0.1, 0.15) is 19.4 Å². The van der Waals surface area contributed by atoms with Gasteiger partial charge in [0, 0.05) is 36.7 Å². The number of hydrogen-bond acceptors (Lipinski definition) is 5. The quantitative estimate of drug-likeness (QED) is 0.858. The van der Waals surface area contributed by atoms with Gasteiger partial charge in [-0.2, -0.15) is 0 Å². The molecule has 0 saturated heterocycles. The zero-order valence-electron chi connectivity index (χ0n) is 10.8. The summed E-state index contributed by atoms with van der Waals surface area (Å²) < 4.78 is 0. The van der Waals surface area contributed by atoms with Gasteiger partial charge in [0.15, 0.2) is 5.16 Å². The van der Waals surface area contributed by atoms with E-state index in [-0.39, 0.29) is 0 Å². The molecule has 1 N–H and O–H groups in total. The summed E-state index contributed by atoms with van der Waals surface area (Å²) in [7, 11) is 0. The number of rotatable bonds is 5. The molecule has 2 aromatic heterocycles. The van der Waals surface area contributed by atoms with Crippen LogP contribution in [0, 0.1) is 0 Å². The Labute approximate surface area is 122 Å². The number of nitrogens with zero attached hydrogens (tertiary/aromatic N) is 3. The summed E-state index contributed by atoms with van der Waals surface area (Å²) in [6.07, 6.45) is 5.28. The first kappa shape index (κ1) is 14.2. The fourth-order valence-electron chi connectivity index (χ4n) is 1.33. The van der Waals surface area contributed by atoms with Crippen LogP contribution in [0.5, 0.6) is 0 Å². The van der Waals surface area contributed by atoms with Crippen molar-refractivity contribution in [3.8, 4) is 0 Å². The number of halogens is 1. The Morgan fingerprint density at radius 1 is 1.16 bits per heavy atom. The van der Waals surface area contributed by atoms with Crippen LogP contribution in [0.15, 0.2) is 40.9 Å². The lowest BCUT2D eigenvalue weighted by Crippen LogP contribution is -2.21. The largest absolute Gasteiger partial charge is 0.310 e. The van der Waals surface area contributed by atoms with Crippen molar-refractivity contribution in [3.05, 3.63) is 41.3 Å². The summed E-state index contributed by atoms with van der Waals surface area (Å²) in [5.74, 6) is 0. The summed E-state index contributed by atoms with van der Waals surface area (Å²) in [6.45, 7) is 5.00. The average Bonchev–Trinajstić information content (AvgIpc) is 2.40. The maximum atomic E-state index is 5.79. The normalized spacial score (nSPS) is 10.9. The summed E-state index contributed by atoms with van der Waals surface area (Å²) in [5, 5.41) is 5.46. The molecule has 0 aliphatic carbocycles. The summed E-state index contributed by atoms with van der Waals surface area (Å²) in [4.78, 5) is 12.8. The molecule has 0 aromatic carbocycles. The van der Waals surface area contributed by atoms with Gasteiger partial charge in [0.2, 0.25) is 0 Å². The van der Waals surface area contributed by atoms with Crippen molar-refractivity contribution in [3.63, 3.8) is 0 Å². The molecule has 0 radical (unpaired) electrons. The minimum absolute atomic E-state index is 0.451. The first-order valence-electron chi connectivity index (χ1n) is 5.97. The zero-order valence-corrected chi connectivity index (χ0v) is 12.4. The van der Waals surface area contributed by atoms with E-state index >= 15 is 0 Å². The van der Waals surface area contributed by atoms with Crippen molar-refractivity contribution in [2.45, 2.75) is 36.6 Å². The van der Waals surface area contributed by atoms with Gasteiger partial charge in [0.25, 0.3) is 0 Å². The minimum Gasteiger partial charge on any atom is -0.310 e. The van der Waals surface area contributed by atoms with Gasteiger partial charge in [-0.05, 0) is 23.9 Å². The van der Waals surface area contributed by atoms with Crippen molar-refractivity contribution in [2.75, 3.05) is 0 Å². The van der Waals surface area contributed by atoms with Crippen LogP contribution in [0.4, 0.5) is 0 Å². The van der Waals surface area contributed by atoms with E-state index in [1.807, 2.05) is 18.5 Å². The first-order chi connectivity index (χ1) is 9.13. The summed E-state index contributed by atoms with van der Waals surface area (Å²) >= 11 is 7.20. The molecule has 0 amide bonds.